The van der Waals surface area contributed by atoms with E-state index in [0.29, 0.717) is 30.3 Å². The lowest BCUT2D eigenvalue weighted by Gasteiger charge is -2.31. The summed E-state index contributed by atoms with van der Waals surface area (Å²) in [5.41, 5.74) is 6.51. The average molecular weight is 621 g/mol. The van der Waals surface area contributed by atoms with Crippen molar-refractivity contribution in [1.29, 1.82) is 5.26 Å². The third-order valence-corrected chi connectivity index (χ3v) is 10.5. The second-order valence-electron chi connectivity index (χ2n) is 11.9. The maximum absolute atomic E-state index is 16.9. The number of hydrogen-bond donors (Lipinski definition) is 1. The SMILES string of the molecule is CC1CC=CCN(c2nc(OCC34CCCN3CCC4)nc3c(F)c(-c4ccc(F)c5sc(N)c(C#N)c45)c(Cl)cc23)C1. The Bertz CT molecular complexity index is 1820. The number of anilines is 2. The Labute approximate surface area is 257 Å². The molecule has 2 saturated heterocycles. The Morgan fingerprint density at radius 3 is 2.77 bits per heavy atom. The molecule has 2 aromatic heterocycles. The lowest BCUT2D eigenvalue weighted by Crippen LogP contribution is -2.43. The third kappa shape index (κ3) is 4.69. The van der Waals surface area contributed by atoms with Crippen LogP contribution in [0.3, 0.4) is 0 Å². The number of ether oxygens (including phenoxy) is 1. The van der Waals surface area contributed by atoms with Crippen molar-refractivity contribution in [2.24, 2.45) is 5.92 Å². The Kier molecular flexibility index (Phi) is 7.15. The fourth-order valence-electron chi connectivity index (χ4n) is 7.11. The molecule has 222 valence electrons. The summed E-state index contributed by atoms with van der Waals surface area (Å²) < 4.78 is 38.2. The summed E-state index contributed by atoms with van der Waals surface area (Å²) in [5.74, 6) is -0.305. The van der Waals surface area contributed by atoms with Gasteiger partial charge in [-0.1, -0.05) is 36.7 Å². The number of benzene rings is 2. The van der Waals surface area contributed by atoms with Gasteiger partial charge in [0.2, 0.25) is 0 Å². The maximum atomic E-state index is 16.9. The van der Waals surface area contributed by atoms with Gasteiger partial charge in [-0.05, 0) is 68.8 Å². The fraction of sp³-hybridized carbons (Fsp3) is 0.406. The molecule has 0 amide bonds. The number of thiophene rings is 1. The molecule has 7 nitrogen and oxygen atoms in total. The first-order valence-corrected chi connectivity index (χ1v) is 15.9. The highest BCUT2D eigenvalue weighted by atomic mass is 35.5. The first-order valence-electron chi connectivity index (χ1n) is 14.7. The second-order valence-corrected chi connectivity index (χ2v) is 13.4. The maximum Gasteiger partial charge on any atom is 0.319 e. The summed E-state index contributed by atoms with van der Waals surface area (Å²) in [6, 6.07) is 6.52. The van der Waals surface area contributed by atoms with Gasteiger partial charge in [0.15, 0.2) is 5.82 Å². The summed E-state index contributed by atoms with van der Waals surface area (Å²) in [4.78, 5) is 14.1. The summed E-state index contributed by atoms with van der Waals surface area (Å²) in [5, 5.41) is 10.8. The van der Waals surface area contributed by atoms with Gasteiger partial charge in [0, 0.05) is 29.4 Å². The standard InChI is InChI=1S/C32H31ClF2N6OS/c1-18-6-2-3-11-40(16-18)30-20-14-22(33)25(19-7-8-23(34)28-24(19)21(15-36)29(37)43-28)26(35)27(20)38-31(39-30)42-17-32-9-4-12-41(32)13-5-10-32/h2-3,7-8,14,18H,4-6,9-13,16-17,37H2,1H3. The number of nitrogens with two attached hydrogens (primary N) is 1. The predicted octanol–water partition coefficient (Wildman–Crippen LogP) is 7.31. The lowest BCUT2D eigenvalue weighted by atomic mass is 9.95. The molecule has 11 heteroatoms. The van der Waals surface area contributed by atoms with E-state index in [1.54, 1.807) is 6.07 Å². The molecule has 3 aliphatic rings. The van der Waals surface area contributed by atoms with Crippen molar-refractivity contribution in [3.05, 3.63) is 52.6 Å². The average Bonchev–Trinajstić information content (AvgIpc) is 3.62. The molecule has 2 fully saturated rings. The molecule has 3 aliphatic heterocycles. The van der Waals surface area contributed by atoms with E-state index >= 15 is 4.39 Å². The number of nitrogen functional groups attached to an aromatic ring is 1. The molecular formula is C32H31ClF2N6OS. The van der Waals surface area contributed by atoms with Crippen molar-refractivity contribution in [3.63, 3.8) is 0 Å². The molecule has 2 aromatic carbocycles. The van der Waals surface area contributed by atoms with Gasteiger partial charge in [0.25, 0.3) is 0 Å². The molecule has 0 saturated carbocycles. The number of aromatic nitrogens is 2. The van der Waals surface area contributed by atoms with Crippen molar-refractivity contribution in [2.45, 2.75) is 44.6 Å². The lowest BCUT2D eigenvalue weighted by molar-refractivity contribution is 0.108. The molecular weight excluding hydrogens is 590 g/mol. The smallest absolute Gasteiger partial charge is 0.319 e. The molecule has 43 heavy (non-hydrogen) atoms. The van der Waals surface area contributed by atoms with E-state index in [0.717, 1.165) is 63.1 Å². The van der Waals surface area contributed by atoms with Crippen LogP contribution >= 0.6 is 22.9 Å². The van der Waals surface area contributed by atoms with E-state index in [9.17, 15) is 9.65 Å². The van der Waals surface area contributed by atoms with Crippen molar-refractivity contribution >= 4 is 54.7 Å². The molecule has 1 atom stereocenters. The number of rotatable bonds is 5. The molecule has 7 rings (SSSR count). The first kappa shape index (κ1) is 28.3. The Morgan fingerprint density at radius 2 is 2.00 bits per heavy atom. The van der Waals surface area contributed by atoms with E-state index in [2.05, 4.69) is 39.9 Å². The largest absolute Gasteiger partial charge is 0.461 e. The molecule has 4 aromatic rings. The zero-order valence-corrected chi connectivity index (χ0v) is 25.4. The van der Waals surface area contributed by atoms with Crippen LogP contribution in [-0.2, 0) is 0 Å². The zero-order valence-electron chi connectivity index (χ0n) is 23.8. The highest BCUT2D eigenvalue weighted by Gasteiger charge is 2.45. The predicted molar refractivity (Wildman–Crippen MR) is 168 cm³/mol. The minimum atomic E-state index is -0.683. The van der Waals surface area contributed by atoms with Crippen LogP contribution in [0.1, 0.15) is 44.6 Å². The Hall–Kier alpha value is -3.52. The van der Waals surface area contributed by atoms with E-state index in [-0.39, 0.29) is 53.9 Å². The normalized spacial score (nSPS) is 20.1. The van der Waals surface area contributed by atoms with Crippen LogP contribution in [0, 0.1) is 28.9 Å². The quantitative estimate of drug-likeness (QED) is 0.234. The number of halogens is 3. The molecule has 0 aliphatic carbocycles. The van der Waals surface area contributed by atoms with Gasteiger partial charge >= 0.3 is 6.01 Å². The summed E-state index contributed by atoms with van der Waals surface area (Å²) in [6.07, 6.45) is 9.56. The van der Waals surface area contributed by atoms with E-state index in [1.165, 1.54) is 12.1 Å². The van der Waals surface area contributed by atoms with Crippen molar-refractivity contribution in [3.8, 4) is 23.2 Å². The third-order valence-electron chi connectivity index (χ3n) is 9.19. The van der Waals surface area contributed by atoms with Gasteiger partial charge in [-0.25, -0.2) is 8.78 Å². The van der Waals surface area contributed by atoms with Crippen LogP contribution in [0.2, 0.25) is 5.02 Å². The summed E-state index contributed by atoms with van der Waals surface area (Å²) >= 11 is 7.79. The number of nitrogens with zero attached hydrogens (tertiary/aromatic N) is 5. The summed E-state index contributed by atoms with van der Waals surface area (Å²) in [6.45, 7) is 6.05. The molecule has 1 unspecified atom stereocenters. The molecule has 0 spiro atoms. The van der Waals surface area contributed by atoms with Gasteiger partial charge in [-0.3, -0.25) is 4.90 Å². The minimum Gasteiger partial charge on any atom is -0.461 e. The van der Waals surface area contributed by atoms with E-state index in [1.807, 2.05) is 0 Å². The topological polar surface area (TPSA) is 91.3 Å². The fourth-order valence-corrected chi connectivity index (χ4v) is 8.35. The molecule has 5 heterocycles. The highest BCUT2D eigenvalue weighted by Crippen LogP contribution is 2.46. The minimum absolute atomic E-state index is 0.0320. The van der Waals surface area contributed by atoms with E-state index in [4.69, 9.17) is 27.1 Å². The van der Waals surface area contributed by atoms with Crippen molar-refractivity contribution in [2.75, 3.05) is 43.4 Å². The van der Waals surface area contributed by atoms with Gasteiger partial charge in [-0.15, -0.1) is 11.3 Å². The Morgan fingerprint density at radius 1 is 1.21 bits per heavy atom. The second kappa shape index (κ2) is 10.9. The monoisotopic (exact) mass is 620 g/mol. The molecule has 0 radical (unpaired) electrons. The first-order chi connectivity index (χ1) is 20.8. The number of allylic oxidation sites excluding steroid dienone is 1. The van der Waals surface area contributed by atoms with Crippen LogP contribution < -0.4 is 15.4 Å². The number of fused-ring (bicyclic) bond motifs is 3. The van der Waals surface area contributed by atoms with E-state index < -0.39 is 11.6 Å². The highest BCUT2D eigenvalue weighted by molar-refractivity contribution is 7.23. The van der Waals surface area contributed by atoms with Crippen LogP contribution in [0.4, 0.5) is 19.6 Å². The number of nitriles is 1. The molecule has 0 bridgehead atoms. The Balaban J connectivity index is 1.41. The zero-order chi connectivity index (χ0) is 29.9. The van der Waals surface area contributed by atoms with Gasteiger partial charge < -0.3 is 15.4 Å². The van der Waals surface area contributed by atoms with Crippen LogP contribution in [-0.4, -0.2) is 53.2 Å². The summed E-state index contributed by atoms with van der Waals surface area (Å²) in [7, 11) is 0. The van der Waals surface area contributed by atoms with Crippen molar-refractivity contribution in [1.82, 2.24) is 14.9 Å². The van der Waals surface area contributed by atoms with Gasteiger partial charge in [0.1, 0.15) is 34.8 Å². The molecule has 2 N–H and O–H groups in total. The number of hydrogen-bond acceptors (Lipinski definition) is 8. The van der Waals surface area contributed by atoms with Gasteiger partial charge in [-0.2, -0.15) is 15.2 Å². The van der Waals surface area contributed by atoms with Crippen LogP contribution in [0.25, 0.3) is 32.1 Å². The van der Waals surface area contributed by atoms with Crippen LogP contribution in [0.5, 0.6) is 6.01 Å². The van der Waals surface area contributed by atoms with Crippen LogP contribution in [0.15, 0.2) is 30.4 Å². The van der Waals surface area contributed by atoms with Crippen molar-refractivity contribution < 1.29 is 13.5 Å². The van der Waals surface area contributed by atoms with Gasteiger partial charge in [0.05, 0.1) is 20.8 Å².